The van der Waals surface area contributed by atoms with Crippen molar-refractivity contribution < 1.29 is 17.6 Å². The summed E-state index contributed by atoms with van der Waals surface area (Å²) in [5.74, 6) is -1.11. The van der Waals surface area contributed by atoms with Crippen molar-refractivity contribution in [2.75, 3.05) is 5.75 Å². The zero-order valence-electron chi connectivity index (χ0n) is 14.4. The number of halogens is 2. The molecule has 0 aliphatic rings. The molecule has 0 atom stereocenters. The number of sulfone groups is 1. The maximum Gasteiger partial charge on any atom is 0.248 e. The number of nitrogens with zero attached hydrogens (tertiary/aromatic N) is 2. The van der Waals surface area contributed by atoms with E-state index in [1.54, 1.807) is 17.7 Å². The van der Waals surface area contributed by atoms with Gasteiger partial charge in [-0.2, -0.15) is 4.99 Å². The predicted molar refractivity (Wildman–Crippen MR) is 104 cm³/mol. The largest absolute Gasteiger partial charge is 0.318 e. The van der Waals surface area contributed by atoms with Gasteiger partial charge in [0, 0.05) is 13.5 Å². The summed E-state index contributed by atoms with van der Waals surface area (Å²) in [6.07, 6.45) is 0.139. The first-order chi connectivity index (χ1) is 12.8. The predicted octanol–water partition coefficient (Wildman–Crippen LogP) is 3.71. The van der Waals surface area contributed by atoms with Gasteiger partial charge in [0.1, 0.15) is 5.82 Å². The second-order valence-corrected chi connectivity index (χ2v) is 9.44. The highest BCUT2D eigenvalue weighted by Gasteiger charge is 2.15. The van der Waals surface area contributed by atoms with Crippen molar-refractivity contribution >= 4 is 48.9 Å². The highest BCUT2D eigenvalue weighted by molar-refractivity contribution is 7.91. The lowest BCUT2D eigenvalue weighted by atomic mass is 10.3. The van der Waals surface area contributed by atoms with Crippen molar-refractivity contribution in [3.8, 4) is 0 Å². The third kappa shape index (κ3) is 4.45. The Balaban J connectivity index is 1.70. The summed E-state index contributed by atoms with van der Waals surface area (Å²) in [6, 6.07) is 10.1. The van der Waals surface area contributed by atoms with E-state index < -0.39 is 21.6 Å². The molecule has 0 N–H and O–H groups in total. The molecule has 5 nitrogen and oxygen atoms in total. The van der Waals surface area contributed by atoms with Gasteiger partial charge < -0.3 is 4.57 Å². The Hall–Kier alpha value is -2.03. The maximum absolute atomic E-state index is 12.9. The van der Waals surface area contributed by atoms with Crippen LogP contribution in [-0.2, 0) is 21.7 Å². The van der Waals surface area contributed by atoms with Crippen LogP contribution in [0.4, 0.5) is 4.39 Å². The summed E-state index contributed by atoms with van der Waals surface area (Å²) in [5.41, 5.74) is 0.801. The summed E-state index contributed by atoms with van der Waals surface area (Å²) in [7, 11) is -1.79. The molecule has 3 rings (SSSR count). The monoisotopic (exact) mass is 426 g/mol. The molecule has 9 heteroatoms. The summed E-state index contributed by atoms with van der Waals surface area (Å²) in [6.45, 7) is 0. The minimum atomic E-state index is -3.56. The van der Waals surface area contributed by atoms with E-state index in [2.05, 4.69) is 4.99 Å². The molecule has 0 unspecified atom stereocenters. The number of para-hydroxylation sites is 1. The number of aromatic nitrogens is 1. The molecule has 0 bridgehead atoms. The lowest BCUT2D eigenvalue weighted by Crippen LogP contribution is -2.14. The highest BCUT2D eigenvalue weighted by atomic mass is 35.5. The first-order valence-corrected chi connectivity index (χ1v) is 10.9. The Labute approximate surface area is 164 Å². The second kappa shape index (κ2) is 7.92. The van der Waals surface area contributed by atoms with Crippen molar-refractivity contribution in [3.63, 3.8) is 0 Å². The molecule has 3 aromatic rings. The van der Waals surface area contributed by atoms with Crippen LogP contribution < -0.4 is 4.80 Å². The van der Waals surface area contributed by atoms with Gasteiger partial charge >= 0.3 is 0 Å². The van der Waals surface area contributed by atoms with E-state index in [9.17, 15) is 17.6 Å². The Bertz CT molecular complexity index is 1170. The Morgan fingerprint density at radius 3 is 2.59 bits per heavy atom. The first-order valence-electron chi connectivity index (χ1n) is 8.08. The van der Waals surface area contributed by atoms with E-state index in [-0.39, 0.29) is 23.5 Å². The molecule has 0 spiro atoms. The molecule has 0 aliphatic carbocycles. The van der Waals surface area contributed by atoms with Crippen LogP contribution in [0.3, 0.4) is 0 Å². The van der Waals surface area contributed by atoms with E-state index in [0.29, 0.717) is 9.82 Å². The zero-order valence-corrected chi connectivity index (χ0v) is 16.7. The average molecular weight is 427 g/mol. The minimum absolute atomic E-state index is 0.00238. The molecule has 1 heterocycles. The molecular weight excluding hydrogens is 411 g/mol. The molecule has 1 aromatic heterocycles. The van der Waals surface area contributed by atoms with Gasteiger partial charge in [-0.25, -0.2) is 12.8 Å². The number of hydrogen-bond acceptors (Lipinski definition) is 4. The van der Waals surface area contributed by atoms with Crippen LogP contribution in [0.25, 0.3) is 10.2 Å². The molecule has 0 radical (unpaired) electrons. The van der Waals surface area contributed by atoms with Crippen LogP contribution in [0, 0.1) is 5.82 Å². The van der Waals surface area contributed by atoms with Gasteiger partial charge in [0.15, 0.2) is 14.6 Å². The van der Waals surface area contributed by atoms with E-state index in [4.69, 9.17) is 11.6 Å². The van der Waals surface area contributed by atoms with Crippen LogP contribution in [0.2, 0.25) is 5.02 Å². The molecule has 0 saturated carbocycles. The van der Waals surface area contributed by atoms with Gasteiger partial charge in [-0.3, -0.25) is 4.79 Å². The summed E-state index contributed by atoms with van der Waals surface area (Å²) in [4.78, 5) is 16.8. The summed E-state index contributed by atoms with van der Waals surface area (Å²) in [5, 5.41) is 0.575. The highest BCUT2D eigenvalue weighted by Crippen LogP contribution is 2.24. The lowest BCUT2D eigenvalue weighted by Gasteiger charge is -2.03. The lowest BCUT2D eigenvalue weighted by molar-refractivity contribution is -0.118. The average Bonchev–Trinajstić information content (AvgIpc) is 2.92. The van der Waals surface area contributed by atoms with E-state index in [1.807, 2.05) is 12.1 Å². The van der Waals surface area contributed by atoms with Gasteiger partial charge in [0.05, 0.1) is 25.9 Å². The standard InChI is InChI=1S/C18H16ClFN2O3S2/c1-22-17-14(19)4-2-5-15(17)26-18(22)21-16(23)6-3-11-27(24,25)13-9-7-12(20)8-10-13/h2,4-5,7-10H,3,6,11H2,1H3. The smallest absolute Gasteiger partial charge is 0.248 e. The van der Waals surface area contributed by atoms with Crippen LogP contribution in [0.5, 0.6) is 0 Å². The van der Waals surface area contributed by atoms with Gasteiger partial charge in [-0.05, 0) is 42.8 Å². The fraction of sp³-hybridized carbons (Fsp3) is 0.222. The summed E-state index contributed by atoms with van der Waals surface area (Å²) >= 11 is 7.52. The Morgan fingerprint density at radius 1 is 1.22 bits per heavy atom. The topological polar surface area (TPSA) is 68.5 Å². The van der Waals surface area contributed by atoms with Crippen LogP contribution in [0.1, 0.15) is 12.8 Å². The van der Waals surface area contributed by atoms with Gasteiger partial charge in [-0.1, -0.05) is 29.0 Å². The normalized spacial score (nSPS) is 12.6. The first kappa shape index (κ1) is 19.7. The number of hydrogen-bond donors (Lipinski definition) is 0. The van der Waals surface area contributed by atoms with Crippen LogP contribution in [-0.4, -0.2) is 24.6 Å². The van der Waals surface area contributed by atoms with Gasteiger partial charge in [0.25, 0.3) is 0 Å². The Kier molecular flexibility index (Phi) is 5.78. The number of rotatable bonds is 5. The Morgan fingerprint density at radius 2 is 1.93 bits per heavy atom. The fourth-order valence-electron chi connectivity index (χ4n) is 2.60. The number of aryl methyl sites for hydroxylation is 1. The quantitative estimate of drug-likeness (QED) is 0.584. The SMILES string of the molecule is Cn1c(=NC(=O)CCCS(=O)(=O)c2ccc(F)cc2)sc2cccc(Cl)c21. The van der Waals surface area contributed by atoms with Crippen molar-refractivity contribution in [1.82, 2.24) is 4.57 Å². The molecule has 0 fully saturated rings. The van der Waals surface area contributed by atoms with Gasteiger partial charge in [0.2, 0.25) is 5.91 Å². The molecule has 142 valence electrons. The summed E-state index contributed by atoms with van der Waals surface area (Å²) < 4.78 is 40.0. The molecule has 2 aromatic carbocycles. The zero-order chi connectivity index (χ0) is 19.6. The number of fused-ring (bicyclic) bond motifs is 1. The maximum atomic E-state index is 12.9. The fourth-order valence-corrected chi connectivity index (χ4v) is 5.33. The number of thiazole rings is 1. The number of amides is 1. The van der Waals surface area contributed by atoms with Gasteiger partial charge in [-0.15, -0.1) is 0 Å². The molecule has 27 heavy (non-hydrogen) atoms. The van der Waals surface area contributed by atoms with Crippen LogP contribution in [0.15, 0.2) is 52.4 Å². The number of benzene rings is 2. The second-order valence-electron chi connectivity index (χ2n) is 5.91. The number of carbonyl (C=O) groups is 1. The van der Waals surface area contributed by atoms with Crippen molar-refractivity contribution in [2.45, 2.75) is 17.7 Å². The van der Waals surface area contributed by atoms with E-state index >= 15 is 0 Å². The number of carbonyl (C=O) groups excluding carboxylic acids is 1. The minimum Gasteiger partial charge on any atom is -0.318 e. The van der Waals surface area contributed by atoms with Crippen molar-refractivity contribution in [2.24, 2.45) is 12.0 Å². The molecule has 1 amide bonds. The van der Waals surface area contributed by atoms with Crippen LogP contribution >= 0.6 is 22.9 Å². The van der Waals surface area contributed by atoms with Crippen molar-refractivity contribution in [1.29, 1.82) is 0 Å². The molecular formula is C18H16ClFN2O3S2. The van der Waals surface area contributed by atoms with Crippen molar-refractivity contribution in [3.05, 3.63) is 58.1 Å². The molecule has 0 aliphatic heterocycles. The third-order valence-electron chi connectivity index (χ3n) is 3.97. The van der Waals surface area contributed by atoms with E-state index in [1.165, 1.54) is 23.5 Å². The van der Waals surface area contributed by atoms with E-state index in [0.717, 1.165) is 22.3 Å². The molecule has 0 saturated heterocycles. The third-order valence-corrected chi connectivity index (χ3v) is 7.19.